The average Bonchev–Trinajstić information content (AvgIpc) is 1.91. The van der Waals surface area contributed by atoms with Crippen molar-refractivity contribution in [1.82, 2.24) is 0 Å². The first-order valence-corrected chi connectivity index (χ1v) is 5.30. The van der Waals surface area contributed by atoms with Crippen LogP contribution in [0, 0.1) is 8.99 Å². The van der Waals surface area contributed by atoms with Crippen LogP contribution in [-0.2, 0) is 6.42 Å². The van der Waals surface area contributed by atoms with Crippen molar-refractivity contribution >= 4 is 22.6 Å². The second kappa shape index (κ2) is 3.77. The van der Waals surface area contributed by atoms with Crippen molar-refractivity contribution in [2.75, 3.05) is 0 Å². The van der Waals surface area contributed by atoms with E-state index in [1.165, 1.54) is 9.13 Å². The van der Waals surface area contributed by atoms with Gasteiger partial charge < -0.3 is 0 Å². The van der Waals surface area contributed by atoms with Gasteiger partial charge in [-0.05, 0) is 46.1 Å². The normalized spacial score (nSPS) is 11.7. The average molecular weight is 274 g/mol. The van der Waals surface area contributed by atoms with Gasteiger partial charge in [0, 0.05) is 3.57 Å². The van der Waals surface area contributed by atoms with E-state index in [4.69, 9.17) is 0 Å². The van der Waals surface area contributed by atoms with Crippen molar-refractivity contribution in [3.63, 3.8) is 0 Å². The largest absolute Gasteiger partial charge is 0.0619 e. The first-order chi connectivity index (χ1) is 5.49. The zero-order valence-corrected chi connectivity index (χ0v) is 10.1. The van der Waals surface area contributed by atoms with Gasteiger partial charge in [-0.15, -0.1) is 0 Å². The van der Waals surface area contributed by atoms with Crippen molar-refractivity contribution in [2.24, 2.45) is 5.41 Å². The molecule has 0 heterocycles. The maximum atomic E-state index is 2.40. The Bertz CT molecular complexity index is 258. The highest BCUT2D eigenvalue weighted by Gasteiger charge is 2.12. The fraction of sp³-hybridized carbons (Fsp3) is 0.455. The monoisotopic (exact) mass is 274 g/mol. The minimum atomic E-state index is 0.390. The summed E-state index contributed by atoms with van der Waals surface area (Å²) in [7, 11) is 0. The van der Waals surface area contributed by atoms with E-state index < -0.39 is 0 Å². The van der Waals surface area contributed by atoms with Crippen LogP contribution in [-0.4, -0.2) is 0 Å². The molecule has 0 saturated heterocycles. The molecule has 0 radical (unpaired) electrons. The van der Waals surface area contributed by atoms with E-state index in [1.54, 1.807) is 0 Å². The molecular formula is C11H15I. The van der Waals surface area contributed by atoms with Crippen molar-refractivity contribution in [2.45, 2.75) is 27.2 Å². The minimum Gasteiger partial charge on any atom is -0.0619 e. The number of hydrogen-bond acceptors (Lipinski definition) is 0. The Kier molecular flexibility index (Phi) is 3.16. The first-order valence-electron chi connectivity index (χ1n) is 4.22. The summed E-state index contributed by atoms with van der Waals surface area (Å²) in [6.07, 6.45) is 1.16. The van der Waals surface area contributed by atoms with Gasteiger partial charge in [-0.2, -0.15) is 0 Å². The summed E-state index contributed by atoms with van der Waals surface area (Å²) < 4.78 is 1.38. The summed E-state index contributed by atoms with van der Waals surface area (Å²) in [4.78, 5) is 0. The topological polar surface area (TPSA) is 0 Å². The third kappa shape index (κ3) is 3.13. The molecule has 0 aromatic heterocycles. The standard InChI is InChI=1S/C11H15I/c1-11(2,3)8-9-6-4-5-7-10(9)12/h4-7H,8H2,1-3H3. The van der Waals surface area contributed by atoms with Gasteiger partial charge in [-0.3, -0.25) is 0 Å². The second-order valence-corrected chi connectivity index (χ2v) is 5.49. The number of rotatable bonds is 1. The summed E-state index contributed by atoms with van der Waals surface area (Å²) in [5, 5.41) is 0. The maximum absolute atomic E-state index is 2.40. The maximum Gasteiger partial charge on any atom is 0.0162 e. The highest BCUT2D eigenvalue weighted by molar-refractivity contribution is 14.1. The van der Waals surface area contributed by atoms with E-state index in [0.29, 0.717) is 5.41 Å². The van der Waals surface area contributed by atoms with Crippen LogP contribution < -0.4 is 0 Å². The van der Waals surface area contributed by atoms with Crippen LogP contribution >= 0.6 is 22.6 Å². The summed E-state index contributed by atoms with van der Waals surface area (Å²) in [6, 6.07) is 8.59. The lowest BCUT2D eigenvalue weighted by atomic mass is 9.88. The quantitative estimate of drug-likeness (QED) is 0.682. The van der Waals surface area contributed by atoms with Crippen LogP contribution in [0.1, 0.15) is 26.3 Å². The molecule has 0 atom stereocenters. The van der Waals surface area contributed by atoms with Crippen LogP contribution in [0.2, 0.25) is 0 Å². The highest BCUT2D eigenvalue weighted by Crippen LogP contribution is 2.23. The Hall–Kier alpha value is -0.0500. The molecule has 1 heteroatoms. The number of benzene rings is 1. The molecule has 0 spiro atoms. The lowest BCUT2D eigenvalue weighted by Crippen LogP contribution is -2.09. The Morgan fingerprint density at radius 2 is 1.75 bits per heavy atom. The van der Waals surface area contributed by atoms with E-state index >= 15 is 0 Å². The van der Waals surface area contributed by atoms with E-state index in [-0.39, 0.29) is 0 Å². The Morgan fingerprint density at radius 3 is 2.25 bits per heavy atom. The van der Waals surface area contributed by atoms with Crippen LogP contribution in [0.25, 0.3) is 0 Å². The van der Waals surface area contributed by atoms with E-state index in [9.17, 15) is 0 Å². The van der Waals surface area contributed by atoms with Gasteiger partial charge in [0.15, 0.2) is 0 Å². The van der Waals surface area contributed by atoms with Gasteiger partial charge in [-0.25, -0.2) is 0 Å². The van der Waals surface area contributed by atoms with Crippen LogP contribution in [0.4, 0.5) is 0 Å². The fourth-order valence-electron chi connectivity index (χ4n) is 1.21. The van der Waals surface area contributed by atoms with Crippen molar-refractivity contribution in [3.05, 3.63) is 33.4 Å². The number of halogens is 1. The van der Waals surface area contributed by atoms with Gasteiger partial charge in [0.1, 0.15) is 0 Å². The molecule has 0 amide bonds. The second-order valence-electron chi connectivity index (χ2n) is 4.33. The van der Waals surface area contributed by atoms with Gasteiger partial charge in [0.05, 0.1) is 0 Å². The molecule has 0 fully saturated rings. The molecule has 66 valence electrons. The Labute approximate surface area is 88.5 Å². The van der Waals surface area contributed by atoms with Crippen LogP contribution in [0.5, 0.6) is 0 Å². The molecule has 0 nitrogen and oxygen atoms in total. The molecule has 0 saturated carbocycles. The molecule has 0 unspecified atom stereocenters. The third-order valence-corrected chi connectivity index (χ3v) is 2.73. The van der Waals surface area contributed by atoms with Gasteiger partial charge in [0.2, 0.25) is 0 Å². The van der Waals surface area contributed by atoms with Gasteiger partial charge >= 0.3 is 0 Å². The van der Waals surface area contributed by atoms with E-state index in [1.807, 2.05) is 0 Å². The molecule has 0 aliphatic heterocycles. The molecule has 0 aliphatic rings. The minimum absolute atomic E-state index is 0.390. The summed E-state index contributed by atoms with van der Waals surface area (Å²) in [5.74, 6) is 0. The first kappa shape index (κ1) is 10.0. The molecule has 1 rings (SSSR count). The van der Waals surface area contributed by atoms with Crippen molar-refractivity contribution in [1.29, 1.82) is 0 Å². The van der Waals surface area contributed by atoms with Crippen LogP contribution in [0.15, 0.2) is 24.3 Å². The Balaban J connectivity index is 2.83. The predicted molar refractivity (Wildman–Crippen MR) is 62.3 cm³/mol. The summed E-state index contributed by atoms with van der Waals surface area (Å²) in [5.41, 5.74) is 1.85. The lowest BCUT2D eigenvalue weighted by molar-refractivity contribution is 0.410. The molecule has 1 aromatic carbocycles. The van der Waals surface area contributed by atoms with Gasteiger partial charge in [0.25, 0.3) is 0 Å². The number of hydrogen-bond donors (Lipinski definition) is 0. The smallest absolute Gasteiger partial charge is 0.0162 e. The molecule has 12 heavy (non-hydrogen) atoms. The fourth-order valence-corrected chi connectivity index (χ4v) is 1.79. The summed E-state index contributed by atoms with van der Waals surface area (Å²) >= 11 is 2.40. The lowest BCUT2D eigenvalue weighted by Gasteiger charge is -2.18. The summed E-state index contributed by atoms with van der Waals surface area (Å²) in [6.45, 7) is 6.82. The Morgan fingerprint density at radius 1 is 1.17 bits per heavy atom. The van der Waals surface area contributed by atoms with Crippen LogP contribution in [0.3, 0.4) is 0 Å². The third-order valence-electron chi connectivity index (χ3n) is 1.68. The van der Waals surface area contributed by atoms with Crippen molar-refractivity contribution in [3.8, 4) is 0 Å². The van der Waals surface area contributed by atoms with E-state index in [2.05, 4.69) is 67.6 Å². The molecular weight excluding hydrogens is 259 g/mol. The molecule has 0 N–H and O–H groups in total. The zero-order valence-electron chi connectivity index (χ0n) is 7.89. The SMILES string of the molecule is CC(C)(C)Cc1ccccc1I. The molecule has 1 aromatic rings. The van der Waals surface area contributed by atoms with Gasteiger partial charge in [-0.1, -0.05) is 39.0 Å². The zero-order chi connectivity index (χ0) is 9.19. The molecule has 0 bridgehead atoms. The van der Waals surface area contributed by atoms with Crippen molar-refractivity contribution < 1.29 is 0 Å². The highest BCUT2D eigenvalue weighted by atomic mass is 127. The molecule has 0 aliphatic carbocycles. The predicted octanol–water partition coefficient (Wildman–Crippen LogP) is 3.88. The van der Waals surface area contributed by atoms with E-state index in [0.717, 1.165) is 6.42 Å².